The summed E-state index contributed by atoms with van der Waals surface area (Å²) in [5, 5.41) is 8.13. The number of benzene rings is 2. The average molecular weight is 526 g/mol. The number of ether oxygens (including phenoxy) is 3. The standard InChI is InChI=1S/C26H21F3N4O5/c27-26(28,29)38-14-3-1-13(2-4-14)32-25(35)31-12-18-22-17-11-15(5-7-19(17)37-23(18)22)36-20-9-10-30-24-16(20)6-8-21(34)33-24/h1-5,7,9-11,18,22-23H,6,8,12H2,(H,30,33,34)(H2,31,32,35). The van der Waals surface area contributed by atoms with Crippen molar-refractivity contribution in [3.63, 3.8) is 0 Å². The van der Waals surface area contributed by atoms with Crippen molar-refractivity contribution in [3.05, 3.63) is 65.9 Å². The van der Waals surface area contributed by atoms with E-state index in [1.54, 1.807) is 12.3 Å². The molecule has 2 aliphatic heterocycles. The lowest BCUT2D eigenvalue weighted by atomic mass is 10.1. The number of nitrogens with one attached hydrogen (secondary N) is 3. The van der Waals surface area contributed by atoms with E-state index in [1.165, 1.54) is 12.1 Å². The molecule has 3 atom stereocenters. The van der Waals surface area contributed by atoms with Gasteiger partial charge in [0.15, 0.2) is 0 Å². The van der Waals surface area contributed by atoms with Gasteiger partial charge in [-0.1, -0.05) is 0 Å². The number of anilines is 2. The van der Waals surface area contributed by atoms with Crippen LogP contribution in [-0.2, 0) is 11.2 Å². The molecule has 3 unspecified atom stereocenters. The molecule has 3 aliphatic rings. The summed E-state index contributed by atoms with van der Waals surface area (Å²) in [5.74, 6) is 2.30. The third-order valence-electron chi connectivity index (χ3n) is 6.64. The largest absolute Gasteiger partial charge is 0.573 e. The quantitative estimate of drug-likeness (QED) is 0.419. The molecule has 1 aliphatic carbocycles. The van der Waals surface area contributed by atoms with E-state index in [-0.39, 0.29) is 29.6 Å². The van der Waals surface area contributed by atoms with Gasteiger partial charge in [0.1, 0.15) is 34.9 Å². The molecule has 0 radical (unpaired) electrons. The van der Waals surface area contributed by atoms with Gasteiger partial charge in [-0.3, -0.25) is 4.79 Å². The van der Waals surface area contributed by atoms with Crippen LogP contribution in [0.5, 0.6) is 23.0 Å². The maximum atomic E-state index is 12.3. The summed E-state index contributed by atoms with van der Waals surface area (Å²) in [6, 6.07) is 11.8. The van der Waals surface area contributed by atoms with E-state index in [1.807, 2.05) is 18.2 Å². The van der Waals surface area contributed by atoms with Gasteiger partial charge in [-0.15, -0.1) is 13.2 Å². The zero-order valence-corrected chi connectivity index (χ0v) is 19.7. The van der Waals surface area contributed by atoms with Crippen LogP contribution in [0, 0.1) is 5.92 Å². The lowest BCUT2D eigenvalue weighted by Gasteiger charge is -2.19. The second kappa shape index (κ2) is 9.12. The molecule has 196 valence electrons. The highest BCUT2D eigenvalue weighted by Gasteiger charge is 2.58. The summed E-state index contributed by atoms with van der Waals surface area (Å²) in [6.07, 6.45) is -2.32. The highest BCUT2D eigenvalue weighted by molar-refractivity contribution is 5.93. The Bertz CT molecular complexity index is 1410. The second-order valence-electron chi connectivity index (χ2n) is 9.17. The summed E-state index contributed by atoms with van der Waals surface area (Å²) >= 11 is 0. The van der Waals surface area contributed by atoms with Crippen LogP contribution in [-0.4, -0.2) is 35.9 Å². The lowest BCUT2D eigenvalue weighted by Crippen LogP contribution is -2.31. The Balaban J connectivity index is 1.05. The van der Waals surface area contributed by atoms with Crippen LogP contribution < -0.4 is 30.2 Å². The Hall–Kier alpha value is -4.48. The van der Waals surface area contributed by atoms with E-state index in [0.29, 0.717) is 42.4 Å². The normalized spacial score (nSPS) is 20.7. The van der Waals surface area contributed by atoms with Gasteiger partial charge in [-0.25, -0.2) is 9.78 Å². The predicted octanol–water partition coefficient (Wildman–Crippen LogP) is 4.95. The number of alkyl halides is 3. The number of aromatic nitrogens is 1. The second-order valence-corrected chi connectivity index (χ2v) is 9.17. The molecule has 9 nitrogen and oxygen atoms in total. The van der Waals surface area contributed by atoms with Crippen molar-refractivity contribution in [2.24, 2.45) is 5.92 Å². The summed E-state index contributed by atoms with van der Waals surface area (Å²) in [6.45, 7) is 0.360. The van der Waals surface area contributed by atoms with Crippen LogP contribution in [0.2, 0.25) is 0 Å². The molecule has 3 heterocycles. The van der Waals surface area contributed by atoms with Crippen molar-refractivity contribution in [2.45, 2.75) is 31.2 Å². The molecule has 6 rings (SSSR count). The van der Waals surface area contributed by atoms with Gasteiger partial charge in [-0.2, -0.15) is 0 Å². The molecule has 3 aromatic rings. The first-order valence-electron chi connectivity index (χ1n) is 11.9. The van der Waals surface area contributed by atoms with Crippen molar-refractivity contribution >= 4 is 23.4 Å². The van der Waals surface area contributed by atoms with Crippen LogP contribution in [0.25, 0.3) is 0 Å². The minimum absolute atomic E-state index is 0.0525. The van der Waals surface area contributed by atoms with Crippen LogP contribution in [0.4, 0.5) is 29.5 Å². The smallest absolute Gasteiger partial charge is 0.489 e. The molecule has 38 heavy (non-hydrogen) atoms. The number of carbonyl (C=O) groups is 2. The van der Waals surface area contributed by atoms with Crippen LogP contribution in [0.3, 0.4) is 0 Å². The van der Waals surface area contributed by atoms with Gasteiger partial charge in [0, 0.05) is 47.8 Å². The molecule has 12 heteroatoms. The Morgan fingerprint density at radius 3 is 2.68 bits per heavy atom. The lowest BCUT2D eigenvalue weighted by molar-refractivity contribution is -0.274. The fourth-order valence-electron chi connectivity index (χ4n) is 4.86. The minimum Gasteiger partial charge on any atom is -0.489 e. The van der Waals surface area contributed by atoms with E-state index < -0.39 is 12.4 Å². The summed E-state index contributed by atoms with van der Waals surface area (Å²) in [7, 11) is 0. The zero-order valence-electron chi connectivity index (χ0n) is 19.7. The predicted molar refractivity (Wildman–Crippen MR) is 128 cm³/mol. The third-order valence-corrected chi connectivity index (χ3v) is 6.64. The van der Waals surface area contributed by atoms with Gasteiger partial charge < -0.3 is 30.2 Å². The molecule has 2 aromatic carbocycles. The van der Waals surface area contributed by atoms with Crippen LogP contribution in [0.1, 0.15) is 23.5 Å². The number of hydrogen-bond donors (Lipinski definition) is 3. The number of rotatable bonds is 6. The number of nitrogens with zero attached hydrogens (tertiary/aromatic N) is 1. The third kappa shape index (κ3) is 4.89. The van der Waals surface area contributed by atoms with Crippen molar-refractivity contribution in [1.29, 1.82) is 0 Å². The average Bonchev–Trinajstić information content (AvgIpc) is 3.42. The topological polar surface area (TPSA) is 111 Å². The number of carbonyl (C=O) groups excluding carboxylic acids is 2. The molecule has 3 N–H and O–H groups in total. The molecule has 1 fully saturated rings. The van der Waals surface area contributed by atoms with Gasteiger partial charge >= 0.3 is 12.4 Å². The highest BCUT2D eigenvalue weighted by Crippen LogP contribution is 2.58. The fourth-order valence-corrected chi connectivity index (χ4v) is 4.86. The van der Waals surface area contributed by atoms with E-state index in [0.717, 1.165) is 29.0 Å². The number of urea groups is 1. The van der Waals surface area contributed by atoms with E-state index >= 15 is 0 Å². The monoisotopic (exact) mass is 526 g/mol. The Morgan fingerprint density at radius 1 is 1.11 bits per heavy atom. The first-order chi connectivity index (χ1) is 18.2. The van der Waals surface area contributed by atoms with Crippen LogP contribution >= 0.6 is 0 Å². The van der Waals surface area contributed by atoms with E-state index in [9.17, 15) is 22.8 Å². The van der Waals surface area contributed by atoms with E-state index in [4.69, 9.17) is 9.47 Å². The van der Waals surface area contributed by atoms with Gasteiger partial charge in [0.2, 0.25) is 5.91 Å². The molecular weight excluding hydrogens is 505 g/mol. The molecule has 0 saturated heterocycles. The van der Waals surface area contributed by atoms with Gasteiger partial charge in [0.25, 0.3) is 0 Å². The van der Waals surface area contributed by atoms with Crippen molar-refractivity contribution in [3.8, 4) is 23.0 Å². The maximum Gasteiger partial charge on any atom is 0.573 e. The van der Waals surface area contributed by atoms with Crippen LogP contribution in [0.15, 0.2) is 54.7 Å². The maximum absolute atomic E-state index is 12.3. The van der Waals surface area contributed by atoms with Gasteiger partial charge in [-0.05, 0) is 55.0 Å². The number of hydrogen-bond acceptors (Lipinski definition) is 6. The molecule has 3 amide bonds. The highest BCUT2D eigenvalue weighted by atomic mass is 19.4. The van der Waals surface area contributed by atoms with Crippen molar-refractivity contribution in [1.82, 2.24) is 10.3 Å². The summed E-state index contributed by atoms with van der Waals surface area (Å²) in [5.41, 5.74) is 2.18. The minimum atomic E-state index is -4.78. The summed E-state index contributed by atoms with van der Waals surface area (Å²) in [4.78, 5) is 28.2. The zero-order chi connectivity index (χ0) is 26.4. The molecule has 1 saturated carbocycles. The summed E-state index contributed by atoms with van der Waals surface area (Å²) < 4.78 is 52.8. The molecular formula is C26H21F3N4O5. The molecule has 0 bridgehead atoms. The van der Waals surface area contributed by atoms with Crippen molar-refractivity contribution < 1.29 is 37.0 Å². The SMILES string of the molecule is O=C1CCc2c(Oc3ccc4c(c3)C3C(CNC(=O)Nc5ccc(OC(F)(F)F)cc5)C3O4)ccnc2N1. The first-order valence-corrected chi connectivity index (χ1v) is 11.9. The Morgan fingerprint density at radius 2 is 1.89 bits per heavy atom. The van der Waals surface area contributed by atoms with Gasteiger partial charge in [0.05, 0.1) is 0 Å². The Kier molecular flexibility index (Phi) is 5.73. The number of fused-ring (bicyclic) bond motifs is 4. The number of pyridine rings is 1. The van der Waals surface area contributed by atoms with E-state index in [2.05, 4.69) is 25.7 Å². The molecule has 0 spiro atoms. The fraction of sp³-hybridized carbons (Fsp3) is 0.269. The van der Waals surface area contributed by atoms with Crippen molar-refractivity contribution in [2.75, 3.05) is 17.2 Å². The first kappa shape index (κ1) is 23.9. The number of amides is 3. The molecule has 1 aromatic heterocycles. The number of halogens is 3. The Labute approximate surface area is 214 Å².